The third kappa shape index (κ3) is 3.67. The summed E-state index contributed by atoms with van der Waals surface area (Å²) in [5.74, 6) is 1.49. The van der Waals surface area contributed by atoms with Gasteiger partial charge in [0.05, 0.1) is 0 Å². The number of hydrogen-bond donors (Lipinski definition) is 0. The first-order valence-electron chi connectivity index (χ1n) is 4.37. The molecule has 0 spiro atoms. The number of esters is 1. The lowest BCUT2D eigenvalue weighted by molar-refractivity contribution is -0.142. The first-order valence-corrected chi connectivity index (χ1v) is 5.98. The van der Waals surface area contributed by atoms with Gasteiger partial charge >= 0.3 is 13.6 Å². The van der Waals surface area contributed by atoms with Crippen LogP contribution >= 0.6 is 7.60 Å². The number of carbonyl (C=O) groups is 1. The average Bonchev–Trinajstić information content (AvgIpc) is 2.26. The highest BCUT2D eigenvalue weighted by molar-refractivity contribution is 7.55. The van der Waals surface area contributed by atoms with Crippen molar-refractivity contribution in [2.24, 2.45) is 0 Å². The second-order valence-electron chi connectivity index (χ2n) is 2.64. The van der Waals surface area contributed by atoms with Crippen LogP contribution in [0.1, 0.15) is 13.3 Å². The van der Waals surface area contributed by atoms with Gasteiger partial charge in [-0.25, -0.2) is 0 Å². The molecule has 1 unspecified atom stereocenters. The molecule has 0 aliphatic rings. The van der Waals surface area contributed by atoms with E-state index < -0.39 is 19.2 Å². The van der Waals surface area contributed by atoms with Gasteiger partial charge in [-0.15, -0.1) is 6.42 Å². The highest BCUT2D eigenvalue weighted by Crippen LogP contribution is 2.53. The smallest absolute Gasteiger partial charge is 0.344 e. The minimum Gasteiger partial charge on any atom is -0.452 e. The van der Waals surface area contributed by atoms with E-state index in [9.17, 15) is 9.36 Å². The van der Waals surface area contributed by atoms with Gasteiger partial charge in [-0.2, -0.15) is 0 Å². The summed E-state index contributed by atoms with van der Waals surface area (Å²) in [6.07, 6.45) is 5.23. The highest BCUT2D eigenvalue weighted by atomic mass is 31.2. The van der Waals surface area contributed by atoms with Gasteiger partial charge in [0.25, 0.3) is 0 Å². The molecule has 0 aromatic carbocycles. The van der Waals surface area contributed by atoms with Crippen LogP contribution in [-0.4, -0.2) is 32.5 Å². The molecular formula is C9H15O5P. The Morgan fingerprint density at radius 2 is 2.00 bits per heavy atom. The predicted octanol–water partition coefficient (Wildman–Crippen LogP) is 1.43. The van der Waals surface area contributed by atoms with E-state index in [1.165, 1.54) is 14.2 Å². The molecule has 0 rings (SSSR count). The van der Waals surface area contributed by atoms with Crippen LogP contribution < -0.4 is 0 Å². The fourth-order valence-corrected chi connectivity index (χ4v) is 2.50. The Hall–Kier alpha value is -0.820. The van der Waals surface area contributed by atoms with Crippen LogP contribution in [0.5, 0.6) is 0 Å². The Labute approximate surface area is 89.6 Å². The van der Waals surface area contributed by atoms with Crippen molar-refractivity contribution in [3.8, 4) is 12.3 Å². The lowest BCUT2D eigenvalue weighted by atomic mass is 10.3. The largest absolute Gasteiger partial charge is 0.452 e. The monoisotopic (exact) mass is 234 g/mol. The minimum absolute atomic E-state index is 0.150. The number of terminal acetylenes is 1. The molecule has 15 heavy (non-hydrogen) atoms. The summed E-state index contributed by atoms with van der Waals surface area (Å²) in [5.41, 5.74) is -0.930. The Morgan fingerprint density at radius 1 is 1.47 bits per heavy atom. The van der Waals surface area contributed by atoms with Crippen LogP contribution in [0.25, 0.3) is 0 Å². The summed E-state index contributed by atoms with van der Waals surface area (Å²) in [6.45, 7) is 1.54. The van der Waals surface area contributed by atoms with Crippen molar-refractivity contribution in [3.05, 3.63) is 0 Å². The van der Waals surface area contributed by atoms with Crippen molar-refractivity contribution >= 4 is 13.6 Å². The molecule has 0 fully saturated rings. The molecule has 0 radical (unpaired) electrons. The van der Waals surface area contributed by atoms with Crippen molar-refractivity contribution < 1.29 is 23.1 Å². The Balaban J connectivity index is 4.68. The van der Waals surface area contributed by atoms with Crippen molar-refractivity contribution in [2.75, 3.05) is 20.8 Å². The van der Waals surface area contributed by atoms with Crippen molar-refractivity contribution in [3.63, 3.8) is 0 Å². The Morgan fingerprint density at radius 3 is 2.33 bits per heavy atom. The van der Waals surface area contributed by atoms with Gasteiger partial charge in [0.2, 0.25) is 0 Å². The average molecular weight is 234 g/mol. The van der Waals surface area contributed by atoms with E-state index in [4.69, 9.17) is 15.5 Å². The molecule has 86 valence electrons. The van der Waals surface area contributed by atoms with Gasteiger partial charge in [0, 0.05) is 14.2 Å². The van der Waals surface area contributed by atoms with E-state index in [1.807, 2.05) is 0 Å². The van der Waals surface area contributed by atoms with Crippen molar-refractivity contribution in [1.29, 1.82) is 0 Å². The third-order valence-corrected chi connectivity index (χ3v) is 4.20. The maximum absolute atomic E-state index is 11.9. The van der Waals surface area contributed by atoms with E-state index in [1.54, 1.807) is 6.92 Å². The van der Waals surface area contributed by atoms with E-state index in [-0.39, 0.29) is 6.61 Å². The standard InChI is InChI=1S/C9H15O5P/c1-5-7-14-9(10)8(6-2)15(11,12-3)13-4/h1,8H,6-7H2,2-4H3. The zero-order chi connectivity index (χ0) is 11.9. The van der Waals surface area contributed by atoms with Crippen molar-refractivity contribution in [2.45, 2.75) is 19.0 Å². The first kappa shape index (κ1) is 14.2. The number of ether oxygens (including phenoxy) is 1. The lowest BCUT2D eigenvalue weighted by Crippen LogP contribution is -2.24. The summed E-state index contributed by atoms with van der Waals surface area (Å²) >= 11 is 0. The topological polar surface area (TPSA) is 61.8 Å². The molecule has 0 N–H and O–H groups in total. The SMILES string of the molecule is C#CCOC(=O)C(CC)P(=O)(OC)OC. The number of hydrogen-bond acceptors (Lipinski definition) is 5. The first-order chi connectivity index (χ1) is 7.05. The van der Waals surface area contributed by atoms with Gasteiger partial charge < -0.3 is 13.8 Å². The molecule has 1 atom stereocenters. The minimum atomic E-state index is -3.43. The summed E-state index contributed by atoms with van der Waals surface area (Å²) in [4.78, 5) is 11.4. The summed E-state index contributed by atoms with van der Waals surface area (Å²) < 4.78 is 26.0. The molecule has 0 bridgehead atoms. The zero-order valence-electron chi connectivity index (χ0n) is 9.06. The van der Waals surface area contributed by atoms with E-state index in [0.717, 1.165) is 0 Å². The Bertz CT molecular complexity index is 285. The van der Waals surface area contributed by atoms with Crippen LogP contribution in [-0.2, 0) is 23.1 Å². The van der Waals surface area contributed by atoms with Crippen molar-refractivity contribution in [1.82, 2.24) is 0 Å². The fraction of sp³-hybridized carbons (Fsp3) is 0.667. The highest BCUT2D eigenvalue weighted by Gasteiger charge is 2.39. The third-order valence-electron chi connectivity index (χ3n) is 1.85. The summed E-state index contributed by atoms with van der Waals surface area (Å²) in [5, 5.41) is 0. The molecule has 5 nitrogen and oxygen atoms in total. The van der Waals surface area contributed by atoms with Gasteiger partial charge in [-0.3, -0.25) is 9.36 Å². The van der Waals surface area contributed by atoms with Gasteiger partial charge in [-0.1, -0.05) is 12.8 Å². The molecule has 0 amide bonds. The van der Waals surface area contributed by atoms with Crippen LogP contribution in [0.4, 0.5) is 0 Å². The number of carbonyl (C=O) groups excluding carboxylic acids is 1. The normalized spacial score (nSPS) is 12.9. The molecule has 0 aliphatic heterocycles. The van der Waals surface area contributed by atoms with Crippen LogP contribution in [0, 0.1) is 12.3 Å². The molecule has 0 heterocycles. The Kier molecular flexibility index (Phi) is 6.26. The predicted molar refractivity (Wildman–Crippen MR) is 55.5 cm³/mol. The molecule has 6 heteroatoms. The van der Waals surface area contributed by atoms with E-state index in [2.05, 4.69) is 10.7 Å². The molecular weight excluding hydrogens is 219 g/mol. The van der Waals surface area contributed by atoms with Gasteiger partial charge in [0.15, 0.2) is 12.3 Å². The van der Waals surface area contributed by atoms with Gasteiger partial charge in [-0.05, 0) is 6.42 Å². The maximum Gasteiger partial charge on any atom is 0.344 e. The molecule has 0 saturated carbocycles. The zero-order valence-corrected chi connectivity index (χ0v) is 9.95. The maximum atomic E-state index is 11.9. The summed E-state index contributed by atoms with van der Waals surface area (Å²) in [6, 6.07) is 0. The molecule has 0 aromatic rings. The van der Waals surface area contributed by atoms with Gasteiger partial charge in [0.1, 0.15) is 0 Å². The quantitative estimate of drug-likeness (QED) is 0.395. The summed E-state index contributed by atoms with van der Waals surface area (Å²) in [7, 11) is -0.984. The second-order valence-corrected chi connectivity index (χ2v) is 5.07. The molecule has 0 saturated heterocycles. The number of rotatable bonds is 6. The van der Waals surface area contributed by atoms with Crippen LogP contribution in [0.15, 0.2) is 0 Å². The molecule has 0 aromatic heterocycles. The van der Waals surface area contributed by atoms with E-state index >= 15 is 0 Å². The second kappa shape index (κ2) is 6.62. The van der Waals surface area contributed by atoms with Crippen LogP contribution in [0.3, 0.4) is 0 Å². The van der Waals surface area contributed by atoms with E-state index in [0.29, 0.717) is 6.42 Å². The van der Waals surface area contributed by atoms with Crippen LogP contribution in [0.2, 0.25) is 0 Å². The lowest BCUT2D eigenvalue weighted by Gasteiger charge is -2.21. The molecule has 0 aliphatic carbocycles. The fourth-order valence-electron chi connectivity index (χ4n) is 1.06.